The second kappa shape index (κ2) is 6.75. The van der Waals surface area contributed by atoms with Crippen LogP contribution in [-0.2, 0) is 4.74 Å². The zero-order valence-electron chi connectivity index (χ0n) is 7.84. The van der Waals surface area contributed by atoms with Crippen LogP contribution in [0.25, 0.3) is 0 Å². The molecule has 0 unspecified atom stereocenters. The van der Waals surface area contributed by atoms with E-state index in [1.165, 1.54) is 37.3 Å². The maximum absolute atomic E-state index is 4.98. The number of methoxy groups -OCH3 is 1. The minimum atomic E-state index is 0.817. The molecule has 1 N–H and O–H groups in total. The molecule has 0 atom stereocenters. The molecule has 1 heterocycles. The summed E-state index contributed by atoms with van der Waals surface area (Å²) in [6.45, 7) is 2.11. The Labute approximate surface area is 79.4 Å². The highest BCUT2D eigenvalue weighted by Gasteiger charge is 2.15. The molecule has 1 saturated heterocycles. The molecule has 1 aliphatic heterocycles. The van der Waals surface area contributed by atoms with Crippen LogP contribution >= 0.6 is 11.8 Å². The van der Waals surface area contributed by atoms with Crippen LogP contribution in [0, 0.1) is 0 Å². The molecule has 3 heteroatoms. The van der Waals surface area contributed by atoms with Crippen molar-refractivity contribution in [1.82, 2.24) is 5.32 Å². The van der Waals surface area contributed by atoms with E-state index < -0.39 is 0 Å². The van der Waals surface area contributed by atoms with Gasteiger partial charge in [-0.2, -0.15) is 11.8 Å². The molecule has 2 nitrogen and oxygen atoms in total. The third-order valence-electron chi connectivity index (χ3n) is 2.10. The van der Waals surface area contributed by atoms with Crippen LogP contribution in [0.4, 0.5) is 0 Å². The molecule has 72 valence electrons. The summed E-state index contributed by atoms with van der Waals surface area (Å²) in [5, 5.41) is 3.53. The van der Waals surface area contributed by atoms with Gasteiger partial charge in [0.1, 0.15) is 0 Å². The maximum Gasteiger partial charge on any atom is 0.0462 e. The Balaban J connectivity index is 1.70. The number of thioether (sulfide) groups is 1. The van der Waals surface area contributed by atoms with Gasteiger partial charge in [0.05, 0.1) is 0 Å². The first-order chi connectivity index (χ1) is 5.93. The van der Waals surface area contributed by atoms with Crippen molar-refractivity contribution in [2.45, 2.75) is 25.3 Å². The smallest absolute Gasteiger partial charge is 0.0462 e. The van der Waals surface area contributed by atoms with Crippen molar-refractivity contribution in [3.63, 3.8) is 0 Å². The standard InChI is InChI=1S/C9H19NOS/c1-11-6-4-2-3-5-10-9-7-12-8-9/h9-10H,2-8H2,1H3. The lowest BCUT2D eigenvalue weighted by atomic mass is 10.2. The molecule has 0 bridgehead atoms. The average molecular weight is 189 g/mol. The molecule has 0 saturated carbocycles. The highest BCUT2D eigenvalue weighted by atomic mass is 32.2. The van der Waals surface area contributed by atoms with E-state index in [0.717, 1.165) is 12.6 Å². The van der Waals surface area contributed by atoms with Crippen molar-refractivity contribution < 1.29 is 4.74 Å². The highest BCUT2D eigenvalue weighted by molar-refractivity contribution is 8.00. The Hall–Kier alpha value is 0.270. The van der Waals surface area contributed by atoms with Gasteiger partial charge in [-0.15, -0.1) is 0 Å². The Morgan fingerprint density at radius 1 is 1.33 bits per heavy atom. The van der Waals surface area contributed by atoms with E-state index in [4.69, 9.17) is 4.74 Å². The first kappa shape index (κ1) is 10.4. The van der Waals surface area contributed by atoms with Gasteiger partial charge in [0.2, 0.25) is 0 Å². The molecule has 12 heavy (non-hydrogen) atoms. The van der Waals surface area contributed by atoms with Crippen molar-refractivity contribution in [2.75, 3.05) is 31.8 Å². The van der Waals surface area contributed by atoms with Crippen LogP contribution in [-0.4, -0.2) is 37.8 Å². The van der Waals surface area contributed by atoms with Gasteiger partial charge in [0.25, 0.3) is 0 Å². The molecule has 0 aromatic heterocycles. The van der Waals surface area contributed by atoms with Gasteiger partial charge in [-0.05, 0) is 25.8 Å². The van der Waals surface area contributed by atoms with Crippen LogP contribution in [0.1, 0.15) is 19.3 Å². The Morgan fingerprint density at radius 3 is 2.75 bits per heavy atom. The van der Waals surface area contributed by atoms with E-state index >= 15 is 0 Å². The normalized spacial score (nSPS) is 17.8. The van der Waals surface area contributed by atoms with E-state index in [-0.39, 0.29) is 0 Å². The fourth-order valence-electron chi connectivity index (χ4n) is 1.21. The highest BCUT2D eigenvalue weighted by Crippen LogP contribution is 2.16. The van der Waals surface area contributed by atoms with Crippen molar-refractivity contribution in [1.29, 1.82) is 0 Å². The number of rotatable bonds is 7. The Morgan fingerprint density at radius 2 is 2.17 bits per heavy atom. The SMILES string of the molecule is COCCCCCNC1CSC1. The molecule has 0 aliphatic carbocycles. The predicted molar refractivity (Wildman–Crippen MR) is 54.8 cm³/mol. The van der Waals surface area contributed by atoms with Crippen LogP contribution < -0.4 is 5.32 Å². The average Bonchev–Trinajstić information content (AvgIpc) is 2.00. The van der Waals surface area contributed by atoms with Crippen molar-refractivity contribution in [2.24, 2.45) is 0 Å². The van der Waals surface area contributed by atoms with Crippen LogP contribution in [0.5, 0.6) is 0 Å². The molecule has 1 aliphatic rings. The molecular formula is C9H19NOS. The largest absolute Gasteiger partial charge is 0.385 e. The molecule has 1 fully saturated rings. The van der Waals surface area contributed by atoms with Crippen molar-refractivity contribution in [3.05, 3.63) is 0 Å². The van der Waals surface area contributed by atoms with Crippen LogP contribution in [0.15, 0.2) is 0 Å². The lowest BCUT2D eigenvalue weighted by Gasteiger charge is -2.25. The molecule has 0 radical (unpaired) electrons. The summed E-state index contributed by atoms with van der Waals surface area (Å²) < 4.78 is 4.98. The summed E-state index contributed by atoms with van der Waals surface area (Å²) in [5.41, 5.74) is 0. The summed E-state index contributed by atoms with van der Waals surface area (Å²) in [6.07, 6.45) is 3.79. The summed E-state index contributed by atoms with van der Waals surface area (Å²) in [4.78, 5) is 0. The van der Waals surface area contributed by atoms with Gasteiger partial charge < -0.3 is 10.1 Å². The fourth-order valence-corrected chi connectivity index (χ4v) is 1.92. The molecule has 0 aromatic carbocycles. The molecule has 0 amide bonds. The minimum absolute atomic E-state index is 0.817. The molecule has 1 rings (SSSR count). The van der Waals surface area contributed by atoms with Gasteiger partial charge in [-0.1, -0.05) is 0 Å². The maximum atomic E-state index is 4.98. The molecular weight excluding hydrogens is 170 g/mol. The van der Waals surface area contributed by atoms with E-state index in [1.54, 1.807) is 7.11 Å². The van der Waals surface area contributed by atoms with Crippen molar-refractivity contribution >= 4 is 11.8 Å². The van der Waals surface area contributed by atoms with Crippen LogP contribution in [0.2, 0.25) is 0 Å². The van der Waals surface area contributed by atoms with E-state index in [1.807, 2.05) is 11.8 Å². The third-order valence-corrected chi connectivity index (χ3v) is 3.37. The summed E-state index contributed by atoms with van der Waals surface area (Å²) in [7, 11) is 1.77. The zero-order chi connectivity index (χ0) is 8.65. The quantitative estimate of drug-likeness (QED) is 0.613. The second-order valence-corrected chi connectivity index (χ2v) is 4.32. The number of hydrogen-bond donors (Lipinski definition) is 1. The third kappa shape index (κ3) is 4.33. The molecule has 0 aromatic rings. The van der Waals surface area contributed by atoms with E-state index in [0.29, 0.717) is 0 Å². The van der Waals surface area contributed by atoms with Gasteiger partial charge in [-0.25, -0.2) is 0 Å². The zero-order valence-corrected chi connectivity index (χ0v) is 8.66. The summed E-state index contributed by atoms with van der Waals surface area (Å²) >= 11 is 2.03. The van der Waals surface area contributed by atoms with E-state index in [2.05, 4.69) is 5.32 Å². The molecule has 0 spiro atoms. The number of unbranched alkanes of at least 4 members (excludes halogenated alkanes) is 2. The number of ether oxygens (including phenoxy) is 1. The number of hydrogen-bond acceptors (Lipinski definition) is 3. The lowest BCUT2D eigenvalue weighted by Crippen LogP contribution is -2.40. The first-order valence-corrected chi connectivity index (χ1v) is 5.89. The van der Waals surface area contributed by atoms with Crippen LogP contribution in [0.3, 0.4) is 0 Å². The lowest BCUT2D eigenvalue weighted by molar-refractivity contribution is 0.192. The number of nitrogens with one attached hydrogen (secondary N) is 1. The van der Waals surface area contributed by atoms with Crippen molar-refractivity contribution in [3.8, 4) is 0 Å². The van der Waals surface area contributed by atoms with Gasteiger partial charge in [0, 0.05) is 31.3 Å². The van der Waals surface area contributed by atoms with E-state index in [9.17, 15) is 0 Å². The summed E-state index contributed by atoms with van der Waals surface area (Å²) in [5.74, 6) is 2.64. The minimum Gasteiger partial charge on any atom is -0.385 e. The predicted octanol–water partition coefficient (Wildman–Crippen LogP) is 1.51. The van der Waals surface area contributed by atoms with Gasteiger partial charge in [0.15, 0.2) is 0 Å². The summed E-state index contributed by atoms with van der Waals surface area (Å²) in [6, 6.07) is 0.817. The van der Waals surface area contributed by atoms with Gasteiger partial charge >= 0.3 is 0 Å². The first-order valence-electron chi connectivity index (χ1n) is 4.73. The second-order valence-electron chi connectivity index (χ2n) is 3.24. The Kier molecular flexibility index (Phi) is 5.82. The fraction of sp³-hybridized carbons (Fsp3) is 1.00. The topological polar surface area (TPSA) is 21.3 Å². The van der Waals surface area contributed by atoms with Gasteiger partial charge in [-0.3, -0.25) is 0 Å². The monoisotopic (exact) mass is 189 g/mol. The Bertz CT molecular complexity index is 107.